The molecule has 0 fully saturated rings. The number of hydrogen-bond donors (Lipinski definition) is 2. The van der Waals surface area contributed by atoms with Gasteiger partial charge in [-0.2, -0.15) is 0 Å². The Kier molecular flexibility index (Phi) is 4.66. The minimum atomic E-state index is -1.01. The molecule has 0 aliphatic heterocycles. The molecule has 0 aliphatic rings. The van der Waals surface area contributed by atoms with Crippen LogP contribution in [0.3, 0.4) is 0 Å². The highest BCUT2D eigenvalue weighted by Crippen LogP contribution is 2.17. The minimum absolute atomic E-state index is 0.141. The summed E-state index contributed by atoms with van der Waals surface area (Å²) in [5.41, 5.74) is 2.56. The molecule has 5 heteroatoms. The SMILES string of the molecule is Cc1ccc(C(=O)O)cc1NC(=O)CCc1ccncc1. The second kappa shape index (κ2) is 6.65. The van der Waals surface area contributed by atoms with Gasteiger partial charge >= 0.3 is 5.97 Å². The lowest BCUT2D eigenvalue weighted by molar-refractivity contribution is -0.116. The van der Waals surface area contributed by atoms with Crippen LogP contribution in [0.25, 0.3) is 0 Å². The summed E-state index contributed by atoms with van der Waals surface area (Å²) in [6.07, 6.45) is 4.33. The normalized spacial score (nSPS) is 10.1. The van der Waals surface area contributed by atoms with Crippen molar-refractivity contribution < 1.29 is 14.7 Å². The molecule has 0 atom stereocenters. The number of pyridine rings is 1. The van der Waals surface area contributed by atoms with Gasteiger partial charge in [0.25, 0.3) is 0 Å². The first kappa shape index (κ1) is 14.7. The molecule has 0 bridgehead atoms. The summed E-state index contributed by atoms with van der Waals surface area (Å²) in [6.45, 7) is 1.82. The molecule has 1 aromatic carbocycles. The molecule has 0 saturated carbocycles. The fourth-order valence-corrected chi connectivity index (χ4v) is 1.91. The lowest BCUT2D eigenvalue weighted by atomic mass is 10.1. The predicted molar refractivity (Wildman–Crippen MR) is 79.3 cm³/mol. The average Bonchev–Trinajstić information content (AvgIpc) is 2.48. The van der Waals surface area contributed by atoms with E-state index >= 15 is 0 Å². The van der Waals surface area contributed by atoms with Crippen LogP contribution in [-0.4, -0.2) is 22.0 Å². The van der Waals surface area contributed by atoms with E-state index < -0.39 is 5.97 Å². The van der Waals surface area contributed by atoms with Gasteiger partial charge in [-0.3, -0.25) is 9.78 Å². The molecule has 2 rings (SSSR count). The molecule has 1 aromatic heterocycles. The van der Waals surface area contributed by atoms with Gasteiger partial charge in [0.1, 0.15) is 0 Å². The number of aromatic carboxylic acids is 1. The van der Waals surface area contributed by atoms with Crippen LogP contribution in [0.1, 0.15) is 27.9 Å². The second-order valence-corrected chi connectivity index (χ2v) is 4.74. The molecular weight excluding hydrogens is 268 g/mol. The minimum Gasteiger partial charge on any atom is -0.478 e. The maximum Gasteiger partial charge on any atom is 0.335 e. The number of carbonyl (C=O) groups excluding carboxylic acids is 1. The van der Waals surface area contributed by atoms with Crippen molar-refractivity contribution in [1.29, 1.82) is 0 Å². The Morgan fingerprint density at radius 2 is 1.90 bits per heavy atom. The van der Waals surface area contributed by atoms with Crippen molar-refractivity contribution in [3.05, 3.63) is 59.4 Å². The van der Waals surface area contributed by atoms with Gasteiger partial charge in [0.05, 0.1) is 5.56 Å². The molecule has 0 unspecified atom stereocenters. The Bertz CT molecular complexity index is 654. The summed E-state index contributed by atoms with van der Waals surface area (Å²) in [5, 5.41) is 11.7. The Balaban J connectivity index is 1.99. The zero-order chi connectivity index (χ0) is 15.2. The summed E-state index contributed by atoms with van der Waals surface area (Å²) in [6, 6.07) is 8.40. The zero-order valence-corrected chi connectivity index (χ0v) is 11.7. The fourth-order valence-electron chi connectivity index (χ4n) is 1.91. The summed E-state index contributed by atoms with van der Waals surface area (Å²) < 4.78 is 0. The number of carbonyl (C=O) groups is 2. The topological polar surface area (TPSA) is 79.3 Å². The van der Waals surface area contributed by atoms with Crippen LogP contribution >= 0.6 is 0 Å². The van der Waals surface area contributed by atoms with Crippen LogP contribution in [0.15, 0.2) is 42.7 Å². The van der Waals surface area contributed by atoms with Crippen LogP contribution in [-0.2, 0) is 11.2 Å². The molecule has 0 aliphatic carbocycles. The highest BCUT2D eigenvalue weighted by molar-refractivity contribution is 5.94. The summed E-state index contributed by atoms with van der Waals surface area (Å²) in [4.78, 5) is 26.8. The quantitative estimate of drug-likeness (QED) is 0.884. The molecule has 2 N–H and O–H groups in total. The number of aryl methyl sites for hydroxylation is 2. The Morgan fingerprint density at radius 1 is 1.19 bits per heavy atom. The number of nitrogens with one attached hydrogen (secondary N) is 1. The van der Waals surface area contributed by atoms with Crippen molar-refractivity contribution in [3.63, 3.8) is 0 Å². The highest BCUT2D eigenvalue weighted by atomic mass is 16.4. The van der Waals surface area contributed by atoms with Gasteiger partial charge in [-0.1, -0.05) is 6.07 Å². The molecule has 0 spiro atoms. The van der Waals surface area contributed by atoms with E-state index in [1.807, 2.05) is 19.1 Å². The third-order valence-corrected chi connectivity index (χ3v) is 3.15. The van der Waals surface area contributed by atoms with E-state index in [-0.39, 0.29) is 11.5 Å². The molecule has 2 aromatic rings. The Labute approximate surface area is 122 Å². The van der Waals surface area contributed by atoms with E-state index in [9.17, 15) is 9.59 Å². The average molecular weight is 284 g/mol. The maximum atomic E-state index is 11.9. The van der Waals surface area contributed by atoms with E-state index in [2.05, 4.69) is 10.3 Å². The monoisotopic (exact) mass is 284 g/mol. The van der Waals surface area contributed by atoms with Crippen LogP contribution < -0.4 is 5.32 Å². The number of hydrogen-bond acceptors (Lipinski definition) is 3. The predicted octanol–water partition coefficient (Wildman–Crippen LogP) is 2.66. The van der Waals surface area contributed by atoms with Crippen LogP contribution in [0.5, 0.6) is 0 Å². The molecule has 5 nitrogen and oxygen atoms in total. The molecule has 21 heavy (non-hydrogen) atoms. The number of amides is 1. The van der Waals surface area contributed by atoms with E-state index in [1.54, 1.807) is 18.5 Å². The number of benzene rings is 1. The molecule has 1 heterocycles. The third kappa shape index (κ3) is 4.14. The summed E-state index contributed by atoms with van der Waals surface area (Å²) in [5.74, 6) is -1.15. The fraction of sp³-hybridized carbons (Fsp3) is 0.188. The van der Waals surface area contributed by atoms with Gasteiger partial charge in [0, 0.05) is 24.5 Å². The number of aromatic nitrogens is 1. The molecule has 0 radical (unpaired) electrons. The van der Waals surface area contributed by atoms with Crippen molar-refractivity contribution in [2.45, 2.75) is 19.8 Å². The van der Waals surface area contributed by atoms with Gasteiger partial charge < -0.3 is 10.4 Å². The first-order valence-corrected chi connectivity index (χ1v) is 6.59. The zero-order valence-electron chi connectivity index (χ0n) is 11.7. The van der Waals surface area contributed by atoms with Crippen molar-refractivity contribution >= 4 is 17.6 Å². The third-order valence-electron chi connectivity index (χ3n) is 3.15. The lowest BCUT2D eigenvalue weighted by Gasteiger charge is -2.09. The second-order valence-electron chi connectivity index (χ2n) is 4.74. The molecule has 1 amide bonds. The number of anilines is 1. The van der Waals surface area contributed by atoms with Gasteiger partial charge in [-0.15, -0.1) is 0 Å². The molecular formula is C16H16N2O3. The smallest absolute Gasteiger partial charge is 0.335 e. The maximum absolute atomic E-state index is 11.9. The van der Waals surface area contributed by atoms with Crippen LogP contribution in [0, 0.1) is 6.92 Å². The first-order valence-electron chi connectivity index (χ1n) is 6.59. The summed E-state index contributed by atoms with van der Waals surface area (Å²) in [7, 11) is 0. The number of rotatable bonds is 5. The van der Waals surface area contributed by atoms with Crippen molar-refractivity contribution in [3.8, 4) is 0 Å². The van der Waals surface area contributed by atoms with Gasteiger partial charge in [-0.05, 0) is 48.7 Å². The number of carboxylic acids is 1. The van der Waals surface area contributed by atoms with E-state index in [1.165, 1.54) is 12.1 Å². The van der Waals surface area contributed by atoms with Crippen LogP contribution in [0.4, 0.5) is 5.69 Å². The van der Waals surface area contributed by atoms with Gasteiger partial charge in [0.2, 0.25) is 5.91 Å². The van der Waals surface area contributed by atoms with Crippen LogP contribution in [0.2, 0.25) is 0 Å². The van der Waals surface area contributed by atoms with Crippen molar-refractivity contribution in [2.75, 3.05) is 5.32 Å². The Hall–Kier alpha value is -2.69. The largest absolute Gasteiger partial charge is 0.478 e. The first-order chi connectivity index (χ1) is 10.1. The standard InChI is InChI=1S/C16H16N2O3/c1-11-2-4-13(16(20)21)10-14(11)18-15(19)5-3-12-6-8-17-9-7-12/h2,4,6-10H,3,5H2,1H3,(H,18,19)(H,20,21). The highest BCUT2D eigenvalue weighted by Gasteiger charge is 2.09. The molecule has 108 valence electrons. The van der Waals surface area contributed by atoms with E-state index in [0.29, 0.717) is 18.5 Å². The summed E-state index contributed by atoms with van der Waals surface area (Å²) >= 11 is 0. The number of nitrogens with zero attached hydrogens (tertiary/aromatic N) is 1. The van der Waals surface area contributed by atoms with Gasteiger partial charge in [-0.25, -0.2) is 4.79 Å². The van der Waals surface area contributed by atoms with Crippen molar-refractivity contribution in [2.24, 2.45) is 0 Å². The van der Waals surface area contributed by atoms with Gasteiger partial charge in [0.15, 0.2) is 0 Å². The van der Waals surface area contributed by atoms with Crippen molar-refractivity contribution in [1.82, 2.24) is 4.98 Å². The molecule has 0 saturated heterocycles. The Morgan fingerprint density at radius 3 is 2.57 bits per heavy atom. The lowest BCUT2D eigenvalue weighted by Crippen LogP contribution is -2.14. The number of carboxylic acid groups (broad SMARTS) is 1. The van der Waals surface area contributed by atoms with E-state index in [0.717, 1.165) is 11.1 Å². The van der Waals surface area contributed by atoms with E-state index in [4.69, 9.17) is 5.11 Å².